The Balaban J connectivity index is 1.32. The van der Waals surface area contributed by atoms with Gasteiger partial charge in [-0.2, -0.15) is 9.41 Å². The predicted molar refractivity (Wildman–Crippen MR) is 188 cm³/mol. The van der Waals surface area contributed by atoms with E-state index in [-0.39, 0.29) is 12.6 Å². The van der Waals surface area contributed by atoms with E-state index in [2.05, 4.69) is 45.5 Å². The summed E-state index contributed by atoms with van der Waals surface area (Å²) in [4.78, 5) is 21.6. The van der Waals surface area contributed by atoms with Crippen LogP contribution in [-0.4, -0.2) is 61.1 Å². The lowest BCUT2D eigenvalue weighted by Gasteiger charge is -2.20. The molecule has 256 valence electrons. The number of rotatable bonds is 10. The highest BCUT2D eigenvalue weighted by Crippen LogP contribution is 2.39. The van der Waals surface area contributed by atoms with E-state index in [1.807, 2.05) is 28.8 Å². The fourth-order valence-electron chi connectivity index (χ4n) is 5.86. The summed E-state index contributed by atoms with van der Waals surface area (Å²) in [5.41, 5.74) is 4.73. The minimum Gasteiger partial charge on any atom is -0.618 e. The van der Waals surface area contributed by atoms with Gasteiger partial charge in [0, 0.05) is 48.2 Å². The lowest BCUT2D eigenvalue weighted by Crippen LogP contribution is -2.34. The minimum absolute atomic E-state index is 0.254. The number of halogens is 1. The first-order valence-electron chi connectivity index (χ1n) is 16.1. The number of hydrogen-bond donors (Lipinski definition) is 1. The van der Waals surface area contributed by atoms with Crippen molar-refractivity contribution in [1.82, 2.24) is 34.7 Å². The van der Waals surface area contributed by atoms with Gasteiger partial charge in [0.15, 0.2) is 6.20 Å². The number of ether oxygens (including phenoxy) is 2. The van der Waals surface area contributed by atoms with E-state index in [1.54, 1.807) is 56.2 Å². The van der Waals surface area contributed by atoms with Gasteiger partial charge in [-0.25, -0.2) is 14.8 Å². The van der Waals surface area contributed by atoms with E-state index in [0.717, 1.165) is 39.0 Å². The number of tetrazole rings is 1. The Bertz CT molecular complexity index is 1950. The van der Waals surface area contributed by atoms with E-state index in [9.17, 15) is 10.0 Å². The number of fused-ring (bicyclic) bond motifs is 1. The number of hydrogen-bond acceptors (Lipinski definition) is 9. The van der Waals surface area contributed by atoms with Crippen LogP contribution >= 0.6 is 11.6 Å². The number of nitrogens with zero attached hydrogens (tertiary/aromatic N) is 8. The molecule has 13 nitrogen and oxygen atoms in total. The highest BCUT2D eigenvalue weighted by Gasteiger charge is 2.36. The molecule has 0 saturated carbocycles. The molecule has 49 heavy (non-hydrogen) atoms. The maximum absolute atomic E-state index is 13.9. The van der Waals surface area contributed by atoms with Gasteiger partial charge in [-0.05, 0) is 86.5 Å². The fraction of sp³-hybridized carbons (Fsp3) is 0.382. The molecule has 4 aromatic heterocycles. The number of carbonyl (C=O) groups excluding carboxylic acids is 1. The second kappa shape index (κ2) is 13.7. The zero-order valence-corrected chi connectivity index (χ0v) is 30.2. The van der Waals surface area contributed by atoms with Crippen molar-refractivity contribution in [3.63, 3.8) is 0 Å². The van der Waals surface area contributed by atoms with Gasteiger partial charge >= 0.3 is 6.09 Å². The third kappa shape index (κ3) is 7.98. The van der Waals surface area contributed by atoms with Gasteiger partial charge in [0.1, 0.15) is 36.2 Å². The molecular formula is C34H40ClN9O4Si. The molecule has 1 atom stereocenters. The molecule has 0 spiro atoms. The summed E-state index contributed by atoms with van der Waals surface area (Å²) in [5.74, 6) is 0.856. The molecule has 6 rings (SSSR count). The predicted octanol–water partition coefficient (Wildman–Crippen LogP) is 6.61. The number of benzene rings is 1. The zero-order valence-electron chi connectivity index (χ0n) is 28.5. The Morgan fingerprint density at radius 1 is 1.12 bits per heavy atom. The van der Waals surface area contributed by atoms with Crippen LogP contribution in [0.3, 0.4) is 0 Å². The van der Waals surface area contributed by atoms with Crippen molar-refractivity contribution in [3.05, 3.63) is 88.6 Å². The van der Waals surface area contributed by atoms with Crippen LogP contribution in [0.4, 0.5) is 10.6 Å². The summed E-state index contributed by atoms with van der Waals surface area (Å²) in [7, 11) is -1.31. The van der Waals surface area contributed by atoms with Crippen molar-refractivity contribution in [2.45, 2.75) is 77.5 Å². The first-order valence-corrected chi connectivity index (χ1v) is 20.2. The lowest BCUT2D eigenvalue weighted by atomic mass is 10.0. The number of pyridine rings is 2. The van der Waals surface area contributed by atoms with Gasteiger partial charge in [0.25, 0.3) is 0 Å². The summed E-state index contributed by atoms with van der Waals surface area (Å²) in [5, 5.41) is 28.6. The van der Waals surface area contributed by atoms with Crippen LogP contribution in [0, 0.1) is 5.21 Å². The molecule has 1 amide bonds. The summed E-state index contributed by atoms with van der Waals surface area (Å²) in [6, 6.07) is 12.1. The molecule has 0 radical (unpaired) electrons. The number of amides is 1. The summed E-state index contributed by atoms with van der Waals surface area (Å²) in [6.45, 7) is 13.2. The molecule has 0 bridgehead atoms. The van der Waals surface area contributed by atoms with Crippen LogP contribution in [0.1, 0.15) is 50.2 Å². The van der Waals surface area contributed by atoms with Gasteiger partial charge < -0.3 is 19.2 Å². The standard InChI is InChI=1S/C34H40ClN9O4Si/c1-34(2,3)48-33(45)39-30-12-8-23(17-36-30)29-18-37-32(42(29)21-47-13-14-49(4,5)6)26-10-7-22-15-24(19-44(46)31(22)26)27-16-25(35)9-11-28(27)43-20-38-40-41-43/h8-9,11-12,15-20,26H,7,10,13-14,21H2,1-6H3,(H,36,39,45). The molecule has 1 unspecified atom stereocenters. The van der Waals surface area contributed by atoms with Crippen LogP contribution in [0.15, 0.2) is 61.3 Å². The van der Waals surface area contributed by atoms with Crippen LogP contribution < -0.4 is 10.0 Å². The monoisotopic (exact) mass is 701 g/mol. The second-order valence-electron chi connectivity index (χ2n) is 14.3. The molecule has 0 saturated heterocycles. The Labute approximate surface area is 290 Å². The third-order valence-electron chi connectivity index (χ3n) is 8.15. The van der Waals surface area contributed by atoms with Crippen LogP contribution in [-0.2, 0) is 22.6 Å². The van der Waals surface area contributed by atoms with Crippen molar-refractivity contribution in [2.24, 2.45) is 0 Å². The lowest BCUT2D eigenvalue weighted by molar-refractivity contribution is -0.614. The first-order chi connectivity index (χ1) is 23.3. The molecule has 1 aliphatic carbocycles. The van der Waals surface area contributed by atoms with Gasteiger partial charge in [-0.15, -0.1) is 5.10 Å². The van der Waals surface area contributed by atoms with Crippen LogP contribution in [0.5, 0.6) is 0 Å². The first kappa shape index (κ1) is 34.2. The van der Waals surface area contributed by atoms with Crippen molar-refractivity contribution >= 4 is 31.6 Å². The number of aromatic nitrogens is 8. The molecule has 1 aliphatic rings. The molecule has 1 aromatic carbocycles. The number of aryl methyl sites for hydroxylation is 1. The van der Waals surface area contributed by atoms with Gasteiger partial charge in [0.2, 0.25) is 5.69 Å². The van der Waals surface area contributed by atoms with E-state index >= 15 is 0 Å². The minimum atomic E-state index is -1.31. The Morgan fingerprint density at radius 3 is 2.63 bits per heavy atom. The highest BCUT2D eigenvalue weighted by molar-refractivity contribution is 6.76. The van der Waals surface area contributed by atoms with E-state index in [4.69, 9.17) is 26.1 Å². The van der Waals surface area contributed by atoms with E-state index < -0.39 is 19.8 Å². The normalized spacial score (nSPS) is 14.6. The van der Waals surface area contributed by atoms with Gasteiger partial charge in [-0.1, -0.05) is 31.2 Å². The van der Waals surface area contributed by atoms with Gasteiger partial charge in [0.05, 0.1) is 17.6 Å². The summed E-state index contributed by atoms with van der Waals surface area (Å²) < 4.78 is 16.1. The Hall–Kier alpha value is -4.66. The largest absolute Gasteiger partial charge is 0.618 e. The Morgan fingerprint density at radius 2 is 1.94 bits per heavy atom. The Kier molecular flexibility index (Phi) is 9.55. The topological polar surface area (TPSA) is 149 Å². The maximum atomic E-state index is 13.9. The number of nitrogens with one attached hydrogen (secondary N) is 1. The number of imidazole rings is 1. The molecule has 4 heterocycles. The molecule has 0 aliphatic heterocycles. The second-order valence-corrected chi connectivity index (χ2v) is 20.4. The van der Waals surface area contributed by atoms with Gasteiger partial charge in [-0.3, -0.25) is 5.32 Å². The molecule has 1 N–H and O–H groups in total. The fourth-order valence-corrected chi connectivity index (χ4v) is 6.78. The molecular weight excluding hydrogens is 662 g/mol. The molecule has 0 fully saturated rings. The van der Waals surface area contributed by atoms with Crippen LogP contribution in [0.2, 0.25) is 30.7 Å². The zero-order chi connectivity index (χ0) is 34.9. The quantitative estimate of drug-likeness (QED) is 0.0734. The average Bonchev–Trinajstić information content (AvgIpc) is 3.79. The van der Waals surface area contributed by atoms with Crippen molar-refractivity contribution in [1.29, 1.82) is 0 Å². The molecule has 15 heteroatoms. The van der Waals surface area contributed by atoms with E-state index in [0.29, 0.717) is 47.2 Å². The van der Waals surface area contributed by atoms with Crippen molar-refractivity contribution in [2.75, 3.05) is 11.9 Å². The van der Waals surface area contributed by atoms with Crippen molar-refractivity contribution in [3.8, 4) is 28.1 Å². The summed E-state index contributed by atoms with van der Waals surface area (Å²) in [6.07, 6.45) is 7.39. The third-order valence-corrected chi connectivity index (χ3v) is 10.1. The smallest absolute Gasteiger partial charge is 0.413 e. The number of carbonyl (C=O) groups is 1. The SMILES string of the molecule is CC(C)(C)OC(=O)Nc1ccc(-c2cnc(C3CCc4cc(-c5cc(Cl)ccc5-n5cnnn5)c[n+]([O-])c43)n2COCC[Si](C)(C)C)cn1. The highest BCUT2D eigenvalue weighted by atomic mass is 35.5. The average molecular weight is 702 g/mol. The van der Waals surface area contributed by atoms with Crippen molar-refractivity contribution < 1.29 is 19.0 Å². The summed E-state index contributed by atoms with van der Waals surface area (Å²) >= 11 is 6.39. The van der Waals surface area contributed by atoms with Crippen LogP contribution in [0.25, 0.3) is 28.1 Å². The molecule has 5 aromatic rings. The maximum Gasteiger partial charge on any atom is 0.413 e. The number of anilines is 1. The van der Waals surface area contributed by atoms with E-state index in [1.165, 1.54) is 6.33 Å².